The number of aromatic nitrogens is 2. The van der Waals surface area contributed by atoms with Crippen LogP contribution in [0.4, 0.5) is 0 Å². The van der Waals surface area contributed by atoms with E-state index in [1.165, 1.54) is 5.56 Å². The first-order chi connectivity index (χ1) is 9.22. The first kappa shape index (κ1) is 13.6. The van der Waals surface area contributed by atoms with Gasteiger partial charge in [0.1, 0.15) is 5.75 Å². The summed E-state index contributed by atoms with van der Waals surface area (Å²) in [6, 6.07) is 8.01. The van der Waals surface area contributed by atoms with Gasteiger partial charge in [-0.25, -0.2) is 0 Å². The molecule has 0 saturated heterocycles. The van der Waals surface area contributed by atoms with Gasteiger partial charge < -0.3 is 10.5 Å². The van der Waals surface area contributed by atoms with Crippen molar-refractivity contribution in [1.29, 1.82) is 0 Å². The van der Waals surface area contributed by atoms with E-state index in [1.54, 1.807) is 7.11 Å². The standard InChI is InChI=1S/C15H21N3O/c1-3-8-18-11-13(10-17-18)15(16)9-12-4-6-14(19-2)7-5-12/h4-7,10-11,15H,3,8-9,16H2,1-2H3. The number of benzene rings is 1. The first-order valence-corrected chi connectivity index (χ1v) is 6.63. The Balaban J connectivity index is 2.00. The molecule has 1 unspecified atom stereocenters. The average molecular weight is 259 g/mol. The Morgan fingerprint density at radius 1 is 1.32 bits per heavy atom. The van der Waals surface area contributed by atoms with E-state index in [0.29, 0.717) is 0 Å². The molecule has 0 aliphatic heterocycles. The van der Waals surface area contributed by atoms with Gasteiger partial charge in [-0.15, -0.1) is 0 Å². The molecule has 0 amide bonds. The topological polar surface area (TPSA) is 53.1 Å². The molecular weight excluding hydrogens is 238 g/mol. The van der Waals surface area contributed by atoms with Crippen molar-refractivity contribution in [2.45, 2.75) is 32.4 Å². The molecule has 4 heteroatoms. The number of methoxy groups -OCH3 is 1. The van der Waals surface area contributed by atoms with Gasteiger partial charge in [0.2, 0.25) is 0 Å². The molecule has 1 aromatic carbocycles. The van der Waals surface area contributed by atoms with Crippen molar-refractivity contribution in [3.8, 4) is 5.75 Å². The van der Waals surface area contributed by atoms with Gasteiger partial charge in [-0.3, -0.25) is 4.68 Å². The maximum absolute atomic E-state index is 6.22. The zero-order valence-electron chi connectivity index (χ0n) is 11.5. The monoisotopic (exact) mass is 259 g/mol. The molecule has 0 spiro atoms. The Kier molecular flexibility index (Phi) is 4.58. The van der Waals surface area contributed by atoms with Crippen LogP contribution < -0.4 is 10.5 Å². The van der Waals surface area contributed by atoms with Gasteiger partial charge in [-0.1, -0.05) is 19.1 Å². The normalized spacial score (nSPS) is 12.4. The fourth-order valence-electron chi connectivity index (χ4n) is 2.06. The Morgan fingerprint density at radius 3 is 2.68 bits per heavy atom. The molecule has 0 radical (unpaired) electrons. The van der Waals surface area contributed by atoms with Crippen molar-refractivity contribution in [3.05, 3.63) is 47.8 Å². The highest BCUT2D eigenvalue weighted by atomic mass is 16.5. The first-order valence-electron chi connectivity index (χ1n) is 6.63. The minimum Gasteiger partial charge on any atom is -0.497 e. The summed E-state index contributed by atoms with van der Waals surface area (Å²) >= 11 is 0. The van der Waals surface area contributed by atoms with E-state index in [9.17, 15) is 0 Å². The third-order valence-electron chi connectivity index (χ3n) is 3.15. The summed E-state index contributed by atoms with van der Waals surface area (Å²) in [5.74, 6) is 0.869. The van der Waals surface area contributed by atoms with Crippen LogP contribution in [-0.4, -0.2) is 16.9 Å². The summed E-state index contributed by atoms with van der Waals surface area (Å²) in [7, 11) is 1.67. The highest BCUT2D eigenvalue weighted by Crippen LogP contribution is 2.18. The lowest BCUT2D eigenvalue weighted by molar-refractivity contribution is 0.414. The van der Waals surface area contributed by atoms with Gasteiger partial charge in [0.15, 0.2) is 0 Å². The van der Waals surface area contributed by atoms with E-state index < -0.39 is 0 Å². The molecule has 0 fully saturated rings. The van der Waals surface area contributed by atoms with E-state index in [1.807, 2.05) is 29.2 Å². The number of aryl methyl sites for hydroxylation is 1. The van der Waals surface area contributed by atoms with E-state index in [0.717, 1.165) is 30.7 Å². The highest BCUT2D eigenvalue weighted by Gasteiger charge is 2.09. The number of hydrogen-bond acceptors (Lipinski definition) is 3. The quantitative estimate of drug-likeness (QED) is 0.867. The van der Waals surface area contributed by atoms with Crippen LogP contribution in [0.5, 0.6) is 5.75 Å². The molecule has 0 saturated carbocycles. The second kappa shape index (κ2) is 6.38. The van der Waals surface area contributed by atoms with E-state index in [2.05, 4.69) is 24.2 Å². The molecule has 19 heavy (non-hydrogen) atoms. The molecule has 2 aromatic rings. The minimum absolute atomic E-state index is 0.0148. The largest absolute Gasteiger partial charge is 0.497 e. The maximum Gasteiger partial charge on any atom is 0.118 e. The number of nitrogens with two attached hydrogens (primary N) is 1. The minimum atomic E-state index is -0.0148. The molecule has 2 rings (SSSR count). The van der Waals surface area contributed by atoms with Gasteiger partial charge >= 0.3 is 0 Å². The average Bonchev–Trinajstić information content (AvgIpc) is 2.89. The Morgan fingerprint density at radius 2 is 2.05 bits per heavy atom. The summed E-state index contributed by atoms with van der Waals surface area (Å²) in [5.41, 5.74) is 8.51. The lowest BCUT2D eigenvalue weighted by atomic mass is 10.0. The Bertz CT molecular complexity index is 504. The maximum atomic E-state index is 6.22. The smallest absolute Gasteiger partial charge is 0.118 e. The molecule has 2 N–H and O–H groups in total. The van der Waals surface area contributed by atoms with Gasteiger partial charge in [0.05, 0.1) is 13.3 Å². The summed E-state index contributed by atoms with van der Waals surface area (Å²) in [4.78, 5) is 0. The molecule has 102 valence electrons. The van der Waals surface area contributed by atoms with Crippen LogP contribution in [-0.2, 0) is 13.0 Å². The number of rotatable bonds is 6. The van der Waals surface area contributed by atoms with Crippen molar-refractivity contribution >= 4 is 0 Å². The molecule has 0 aliphatic carbocycles. The van der Waals surface area contributed by atoms with Crippen LogP contribution in [0.2, 0.25) is 0 Å². The van der Waals surface area contributed by atoms with Crippen molar-refractivity contribution in [1.82, 2.24) is 9.78 Å². The van der Waals surface area contributed by atoms with Crippen LogP contribution in [0.15, 0.2) is 36.7 Å². The third kappa shape index (κ3) is 3.58. The van der Waals surface area contributed by atoms with Crippen LogP contribution in [0.25, 0.3) is 0 Å². The predicted molar refractivity (Wildman–Crippen MR) is 76.1 cm³/mol. The van der Waals surface area contributed by atoms with Crippen molar-refractivity contribution in [3.63, 3.8) is 0 Å². The molecular formula is C15H21N3O. The number of ether oxygens (including phenoxy) is 1. The third-order valence-corrected chi connectivity index (χ3v) is 3.15. The Hall–Kier alpha value is -1.81. The second-order valence-electron chi connectivity index (χ2n) is 4.70. The summed E-state index contributed by atoms with van der Waals surface area (Å²) < 4.78 is 7.09. The van der Waals surface area contributed by atoms with Crippen molar-refractivity contribution in [2.24, 2.45) is 5.73 Å². The van der Waals surface area contributed by atoms with Crippen LogP contribution in [0.3, 0.4) is 0 Å². The SMILES string of the molecule is CCCn1cc(C(N)Cc2ccc(OC)cc2)cn1. The Labute approximate surface area is 114 Å². The van der Waals surface area contributed by atoms with Crippen molar-refractivity contribution < 1.29 is 4.74 Å². The van der Waals surface area contributed by atoms with Gasteiger partial charge in [-0.2, -0.15) is 5.10 Å². The molecule has 4 nitrogen and oxygen atoms in total. The zero-order valence-corrected chi connectivity index (χ0v) is 11.5. The van der Waals surface area contributed by atoms with Gasteiger partial charge in [0, 0.05) is 24.3 Å². The second-order valence-corrected chi connectivity index (χ2v) is 4.70. The summed E-state index contributed by atoms with van der Waals surface area (Å²) in [5, 5.41) is 4.31. The fourth-order valence-corrected chi connectivity index (χ4v) is 2.06. The summed E-state index contributed by atoms with van der Waals surface area (Å²) in [6.07, 6.45) is 5.79. The lowest BCUT2D eigenvalue weighted by Crippen LogP contribution is -2.12. The molecule has 0 aliphatic rings. The zero-order chi connectivity index (χ0) is 13.7. The molecule has 1 aromatic heterocycles. The van der Waals surface area contributed by atoms with E-state index >= 15 is 0 Å². The van der Waals surface area contributed by atoms with E-state index in [-0.39, 0.29) is 6.04 Å². The fraction of sp³-hybridized carbons (Fsp3) is 0.400. The van der Waals surface area contributed by atoms with Gasteiger partial charge in [-0.05, 0) is 30.5 Å². The number of nitrogens with zero attached hydrogens (tertiary/aromatic N) is 2. The number of hydrogen-bond donors (Lipinski definition) is 1. The van der Waals surface area contributed by atoms with Crippen LogP contribution in [0.1, 0.15) is 30.5 Å². The van der Waals surface area contributed by atoms with E-state index in [4.69, 9.17) is 10.5 Å². The van der Waals surface area contributed by atoms with Crippen LogP contribution >= 0.6 is 0 Å². The highest BCUT2D eigenvalue weighted by molar-refractivity contribution is 5.28. The molecule has 1 heterocycles. The lowest BCUT2D eigenvalue weighted by Gasteiger charge is -2.10. The predicted octanol–water partition coefficient (Wildman–Crippen LogP) is 2.54. The summed E-state index contributed by atoms with van der Waals surface area (Å²) in [6.45, 7) is 3.08. The van der Waals surface area contributed by atoms with Gasteiger partial charge in [0.25, 0.3) is 0 Å². The van der Waals surface area contributed by atoms with Crippen LogP contribution in [0, 0.1) is 0 Å². The van der Waals surface area contributed by atoms with Crippen molar-refractivity contribution in [2.75, 3.05) is 7.11 Å². The molecule has 0 bridgehead atoms. The molecule has 1 atom stereocenters.